The minimum Gasteiger partial charge on any atom is -0.479 e. The lowest BCUT2D eigenvalue weighted by Crippen LogP contribution is -2.27. The van der Waals surface area contributed by atoms with Gasteiger partial charge in [-0.15, -0.1) is 0 Å². The van der Waals surface area contributed by atoms with Gasteiger partial charge in [-0.1, -0.05) is 0 Å². The third-order valence-electron chi connectivity index (χ3n) is 1.47. The molecule has 1 unspecified atom stereocenters. The lowest BCUT2D eigenvalue weighted by Gasteiger charge is -2.11. The number of rotatable bonds is 11. The maximum Gasteiger partial charge on any atom is 0.341 e. The monoisotopic (exact) mass is 266 g/mol. The first kappa shape index (κ1) is 16.3. The predicted molar refractivity (Wildman–Crippen MR) is 53.1 cm³/mol. The second-order valence-corrected chi connectivity index (χ2v) is 2.84. The molecule has 0 aromatic heterocycles. The highest BCUT2D eigenvalue weighted by Gasteiger charge is 2.15. The zero-order valence-corrected chi connectivity index (χ0v) is 9.70. The van der Waals surface area contributed by atoms with Crippen molar-refractivity contribution in [2.75, 3.05) is 26.6 Å². The van der Waals surface area contributed by atoms with Gasteiger partial charge in [-0.3, -0.25) is 4.79 Å². The number of aliphatic carboxylic acids is 1. The van der Waals surface area contributed by atoms with Crippen LogP contribution in [0, 0.1) is 0 Å². The van der Waals surface area contributed by atoms with E-state index in [0.717, 1.165) is 0 Å². The fourth-order valence-electron chi connectivity index (χ4n) is 0.726. The Morgan fingerprint density at radius 3 is 2.61 bits per heavy atom. The Morgan fingerprint density at radius 2 is 2.00 bits per heavy atom. The summed E-state index contributed by atoms with van der Waals surface area (Å²) in [6, 6.07) is 0. The van der Waals surface area contributed by atoms with E-state index in [9.17, 15) is 14.4 Å². The number of carbonyl (C=O) groups excluding carboxylic acids is 2. The highest BCUT2D eigenvalue weighted by atomic mass is 17.2. The Bertz CT molecular complexity index is 265. The first-order valence-electron chi connectivity index (χ1n) is 4.87. The van der Waals surface area contributed by atoms with E-state index in [1.807, 2.05) is 0 Å². The van der Waals surface area contributed by atoms with E-state index in [4.69, 9.17) is 9.84 Å². The molecular weight excluding hydrogens is 252 g/mol. The lowest BCUT2D eigenvalue weighted by atomic mass is 10.4. The third-order valence-corrected chi connectivity index (χ3v) is 1.47. The van der Waals surface area contributed by atoms with Crippen LogP contribution in [0.15, 0.2) is 0 Å². The maximum absolute atomic E-state index is 11.1. The lowest BCUT2D eigenvalue weighted by molar-refractivity contribution is -0.332. The van der Waals surface area contributed by atoms with Crippen molar-refractivity contribution in [3.8, 4) is 0 Å². The van der Waals surface area contributed by atoms with Crippen molar-refractivity contribution in [2.24, 2.45) is 0 Å². The van der Waals surface area contributed by atoms with Gasteiger partial charge >= 0.3 is 11.9 Å². The number of carboxylic acid groups (broad SMARTS) is 1. The highest BCUT2D eigenvalue weighted by Crippen LogP contribution is 1.95. The molecule has 0 fully saturated rings. The summed E-state index contributed by atoms with van der Waals surface area (Å²) in [5.41, 5.74) is 0. The van der Waals surface area contributed by atoms with E-state index in [1.165, 1.54) is 6.92 Å². The molecule has 0 heterocycles. The van der Waals surface area contributed by atoms with Crippen molar-refractivity contribution in [3.05, 3.63) is 0 Å². The van der Waals surface area contributed by atoms with Crippen LogP contribution in [0.25, 0.3) is 0 Å². The fraction of sp³-hybridized carbons (Fsp3) is 0.667. The van der Waals surface area contributed by atoms with Crippen molar-refractivity contribution in [2.45, 2.75) is 13.0 Å². The minimum atomic E-state index is -1.25. The van der Waals surface area contributed by atoms with Gasteiger partial charge in [-0.05, 0) is 6.92 Å². The molecule has 0 aromatic carbocycles. The highest BCUT2D eigenvalue weighted by molar-refractivity contribution is 5.77. The first-order valence-corrected chi connectivity index (χ1v) is 4.87. The van der Waals surface area contributed by atoms with Gasteiger partial charge in [0.25, 0.3) is 6.47 Å². The second kappa shape index (κ2) is 10.4. The van der Waals surface area contributed by atoms with E-state index in [1.54, 1.807) is 0 Å². The number of hydrogen-bond donors (Lipinski definition) is 1. The molecule has 9 heteroatoms. The van der Waals surface area contributed by atoms with E-state index in [0.29, 0.717) is 0 Å². The molecule has 0 aliphatic carbocycles. The molecule has 0 saturated carbocycles. The SMILES string of the molecule is CC(OCCOOCOC=O)C(=O)OCC(=O)O. The zero-order chi connectivity index (χ0) is 13.8. The van der Waals surface area contributed by atoms with E-state index in [2.05, 4.69) is 19.2 Å². The van der Waals surface area contributed by atoms with Crippen LogP contribution >= 0.6 is 0 Å². The minimum absolute atomic E-state index is 0.00122. The summed E-state index contributed by atoms with van der Waals surface area (Å²) in [6.07, 6.45) is -0.917. The molecule has 0 saturated heterocycles. The normalized spacial score (nSPS) is 11.6. The van der Waals surface area contributed by atoms with E-state index >= 15 is 0 Å². The molecule has 9 nitrogen and oxygen atoms in total. The van der Waals surface area contributed by atoms with Gasteiger partial charge in [0.1, 0.15) is 6.61 Å². The van der Waals surface area contributed by atoms with Crippen LogP contribution in [0.3, 0.4) is 0 Å². The number of carbonyl (C=O) groups is 3. The average molecular weight is 266 g/mol. The van der Waals surface area contributed by atoms with Crippen LogP contribution < -0.4 is 0 Å². The maximum atomic E-state index is 11.1. The van der Waals surface area contributed by atoms with E-state index < -0.39 is 24.6 Å². The molecule has 0 amide bonds. The number of hydrogen-bond acceptors (Lipinski definition) is 8. The molecule has 1 atom stereocenters. The Hall–Kier alpha value is -1.71. The fourth-order valence-corrected chi connectivity index (χ4v) is 0.726. The molecule has 0 rings (SSSR count). The van der Waals surface area contributed by atoms with Crippen LogP contribution in [0.5, 0.6) is 0 Å². The van der Waals surface area contributed by atoms with Crippen molar-refractivity contribution >= 4 is 18.4 Å². The summed E-state index contributed by atoms with van der Waals surface area (Å²) >= 11 is 0. The van der Waals surface area contributed by atoms with Gasteiger partial charge in [-0.2, -0.15) is 4.89 Å². The van der Waals surface area contributed by atoms with Crippen molar-refractivity contribution < 1.29 is 43.5 Å². The first-order chi connectivity index (χ1) is 8.57. The zero-order valence-electron chi connectivity index (χ0n) is 9.70. The van der Waals surface area contributed by atoms with Crippen molar-refractivity contribution in [1.82, 2.24) is 0 Å². The number of ether oxygens (including phenoxy) is 3. The predicted octanol–water partition coefficient (Wildman–Crippen LogP) is -0.902. The molecule has 0 radical (unpaired) electrons. The smallest absolute Gasteiger partial charge is 0.341 e. The Labute approximate surface area is 102 Å². The summed E-state index contributed by atoms with van der Waals surface area (Å²) in [7, 11) is 0. The number of carboxylic acids is 1. The quantitative estimate of drug-likeness (QED) is 0.127. The number of esters is 1. The van der Waals surface area contributed by atoms with Gasteiger partial charge in [0.2, 0.25) is 6.79 Å². The molecule has 0 bridgehead atoms. The Balaban J connectivity index is 3.45. The molecule has 0 aliphatic rings. The van der Waals surface area contributed by atoms with Crippen LogP contribution in [0.4, 0.5) is 0 Å². The summed E-state index contributed by atoms with van der Waals surface area (Å²) in [5.74, 6) is -2.04. The van der Waals surface area contributed by atoms with Crippen molar-refractivity contribution in [3.63, 3.8) is 0 Å². The molecule has 0 aromatic rings. The van der Waals surface area contributed by atoms with Crippen LogP contribution in [-0.4, -0.2) is 56.2 Å². The summed E-state index contributed by atoms with van der Waals surface area (Å²) in [6.45, 7) is 0.555. The average Bonchev–Trinajstić information content (AvgIpc) is 2.34. The summed E-state index contributed by atoms with van der Waals surface area (Å²) in [5, 5.41) is 8.27. The van der Waals surface area contributed by atoms with Gasteiger partial charge in [0, 0.05) is 0 Å². The Morgan fingerprint density at radius 1 is 1.28 bits per heavy atom. The van der Waals surface area contributed by atoms with Gasteiger partial charge < -0.3 is 19.3 Å². The molecule has 0 spiro atoms. The standard InChI is InChI=1S/C9H14O9/c1-7(9(13)16-4-8(11)12)15-2-3-17-18-6-14-5-10/h5,7H,2-4,6H2,1H3,(H,11,12). The molecule has 18 heavy (non-hydrogen) atoms. The summed E-state index contributed by atoms with van der Waals surface area (Å²) < 4.78 is 13.5. The molecule has 104 valence electrons. The third kappa shape index (κ3) is 9.51. The molecular formula is C9H14O9. The van der Waals surface area contributed by atoms with Gasteiger partial charge in [0.05, 0.1) is 6.61 Å². The Kier molecular flexibility index (Phi) is 9.45. The summed E-state index contributed by atoms with van der Waals surface area (Å²) in [4.78, 5) is 39.8. The molecule has 0 aliphatic heterocycles. The van der Waals surface area contributed by atoms with Crippen molar-refractivity contribution in [1.29, 1.82) is 0 Å². The largest absolute Gasteiger partial charge is 0.479 e. The van der Waals surface area contributed by atoms with Crippen LogP contribution in [-0.2, 0) is 38.4 Å². The van der Waals surface area contributed by atoms with Crippen LogP contribution in [0.1, 0.15) is 6.92 Å². The van der Waals surface area contributed by atoms with Gasteiger partial charge in [-0.25, -0.2) is 14.5 Å². The van der Waals surface area contributed by atoms with E-state index in [-0.39, 0.29) is 26.5 Å². The second-order valence-electron chi connectivity index (χ2n) is 2.84. The van der Waals surface area contributed by atoms with Crippen LogP contribution in [0.2, 0.25) is 0 Å². The topological polar surface area (TPSA) is 118 Å². The van der Waals surface area contributed by atoms with Gasteiger partial charge in [0.15, 0.2) is 12.7 Å². The molecule has 1 N–H and O–H groups in total.